The molecule has 0 aliphatic carbocycles. The molecule has 1 aromatic carbocycles. The average molecular weight is 203 g/mol. The summed E-state index contributed by atoms with van der Waals surface area (Å²) in [6.07, 6.45) is 8.13. The minimum absolute atomic E-state index is 0.951. The number of aryl methyl sites for hydroxylation is 1. The van der Waals surface area contributed by atoms with Crippen molar-refractivity contribution in [2.45, 2.75) is 39.0 Å². The molecule has 0 aliphatic rings. The fourth-order valence-corrected chi connectivity index (χ4v) is 1.83. The Bertz CT molecular complexity index is 419. The molecular weight excluding hydrogens is 186 g/mol. The monoisotopic (exact) mass is 203 g/mol. The highest BCUT2D eigenvalue weighted by Crippen LogP contribution is 2.16. The van der Waals surface area contributed by atoms with Crippen molar-refractivity contribution < 1.29 is 4.52 Å². The third-order valence-electron chi connectivity index (χ3n) is 2.74. The van der Waals surface area contributed by atoms with Crippen molar-refractivity contribution in [2.75, 3.05) is 0 Å². The molecule has 0 fully saturated rings. The molecule has 0 atom stereocenters. The maximum atomic E-state index is 4.91. The van der Waals surface area contributed by atoms with E-state index in [1.165, 1.54) is 37.7 Å². The van der Waals surface area contributed by atoms with E-state index in [4.69, 9.17) is 4.52 Å². The van der Waals surface area contributed by atoms with Crippen LogP contribution in [0.1, 0.15) is 38.2 Å². The van der Waals surface area contributed by atoms with Crippen molar-refractivity contribution in [1.82, 2.24) is 5.16 Å². The molecule has 2 nitrogen and oxygen atoms in total. The lowest BCUT2D eigenvalue weighted by molar-refractivity contribution is 0.428. The van der Waals surface area contributed by atoms with Crippen LogP contribution in [0.3, 0.4) is 0 Å². The summed E-state index contributed by atoms with van der Waals surface area (Å²) >= 11 is 0. The second-order valence-electron chi connectivity index (χ2n) is 4.02. The number of hydrogen-bond donors (Lipinski definition) is 0. The van der Waals surface area contributed by atoms with Gasteiger partial charge < -0.3 is 4.52 Å². The normalized spacial score (nSPS) is 11.0. The van der Waals surface area contributed by atoms with Crippen LogP contribution in [0.2, 0.25) is 0 Å². The summed E-state index contributed by atoms with van der Waals surface area (Å²) in [6, 6.07) is 6.36. The molecule has 15 heavy (non-hydrogen) atoms. The van der Waals surface area contributed by atoms with Gasteiger partial charge in [0.25, 0.3) is 0 Å². The van der Waals surface area contributed by atoms with Crippen LogP contribution < -0.4 is 0 Å². The highest BCUT2D eigenvalue weighted by molar-refractivity contribution is 5.77. The summed E-state index contributed by atoms with van der Waals surface area (Å²) in [5.41, 5.74) is 2.34. The zero-order valence-electron chi connectivity index (χ0n) is 9.20. The smallest absolute Gasteiger partial charge is 0.131 e. The Morgan fingerprint density at radius 2 is 2.13 bits per heavy atom. The fraction of sp³-hybridized carbons (Fsp3) is 0.462. The van der Waals surface area contributed by atoms with Crippen LogP contribution in [0.4, 0.5) is 0 Å². The number of hydrogen-bond acceptors (Lipinski definition) is 2. The van der Waals surface area contributed by atoms with Crippen LogP contribution in [0, 0.1) is 0 Å². The third-order valence-corrected chi connectivity index (χ3v) is 2.74. The van der Waals surface area contributed by atoms with Crippen LogP contribution in [0.15, 0.2) is 29.0 Å². The molecule has 0 bridgehead atoms. The van der Waals surface area contributed by atoms with Gasteiger partial charge in [0, 0.05) is 5.39 Å². The molecule has 0 saturated heterocycles. The molecule has 80 valence electrons. The summed E-state index contributed by atoms with van der Waals surface area (Å²) in [6.45, 7) is 2.24. The molecule has 2 aromatic rings. The Morgan fingerprint density at radius 1 is 1.20 bits per heavy atom. The van der Waals surface area contributed by atoms with E-state index in [9.17, 15) is 0 Å². The van der Waals surface area contributed by atoms with Gasteiger partial charge in [0.2, 0.25) is 0 Å². The highest BCUT2D eigenvalue weighted by Gasteiger charge is 1.99. The maximum Gasteiger partial charge on any atom is 0.131 e. The van der Waals surface area contributed by atoms with Crippen LogP contribution in [0.25, 0.3) is 10.9 Å². The quantitative estimate of drug-likeness (QED) is 0.688. The lowest BCUT2D eigenvalue weighted by Gasteiger charge is -2.00. The zero-order valence-corrected chi connectivity index (χ0v) is 9.20. The van der Waals surface area contributed by atoms with Crippen molar-refractivity contribution in [3.8, 4) is 0 Å². The van der Waals surface area contributed by atoms with Crippen molar-refractivity contribution in [2.24, 2.45) is 0 Å². The molecular formula is C13H17NO. The van der Waals surface area contributed by atoms with Crippen LogP contribution in [-0.2, 0) is 6.42 Å². The number of rotatable bonds is 5. The topological polar surface area (TPSA) is 26.0 Å². The van der Waals surface area contributed by atoms with E-state index in [1.807, 2.05) is 6.07 Å². The molecule has 0 unspecified atom stereocenters. The van der Waals surface area contributed by atoms with Gasteiger partial charge in [-0.05, 0) is 30.5 Å². The Labute approximate surface area is 90.3 Å². The Hall–Kier alpha value is -1.31. The minimum Gasteiger partial charge on any atom is -0.364 e. The summed E-state index contributed by atoms with van der Waals surface area (Å²) in [4.78, 5) is 0. The summed E-state index contributed by atoms with van der Waals surface area (Å²) in [5.74, 6) is 0. The first-order valence-corrected chi connectivity index (χ1v) is 5.73. The first kappa shape index (κ1) is 10.2. The molecule has 1 heterocycles. The molecule has 0 spiro atoms. The Kier molecular flexibility index (Phi) is 3.38. The lowest BCUT2D eigenvalue weighted by Crippen LogP contribution is -1.85. The van der Waals surface area contributed by atoms with E-state index in [0.717, 1.165) is 10.9 Å². The predicted octanol–water partition coefficient (Wildman–Crippen LogP) is 3.95. The highest BCUT2D eigenvalue weighted by atomic mass is 16.5. The van der Waals surface area contributed by atoms with Gasteiger partial charge in [-0.1, -0.05) is 37.4 Å². The van der Waals surface area contributed by atoms with E-state index < -0.39 is 0 Å². The van der Waals surface area contributed by atoms with Gasteiger partial charge in [0.15, 0.2) is 0 Å². The number of fused-ring (bicyclic) bond motifs is 1. The number of nitrogens with zero attached hydrogens (tertiary/aromatic N) is 1. The number of aromatic nitrogens is 1. The molecule has 0 aliphatic heterocycles. The lowest BCUT2D eigenvalue weighted by atomic mass is 10.1. The summed E-state index contributed by atoms with van der Waals surface area (Å²) in [7, 11) is 0. The Morgan fingerprint density at radius 3 is 3.00 bits per heavy atom. The molecule has 0 N–H and O–H groups in total. The first-order valence-electron chi connectivity index (χ1n) is 5.73. The molecule has 1 aromatic heterocycles. The standard InChI is InChI=1S/C13H17NO/c1-2-3-4-5-6-11-7-8-13-12(9-11)10-15-14-13/h7-10H,2-6H2,1H3. The second kappa shape index (κ2) is 4.96. The minimum atomic E-state index is 0.951. The van der Waals surface area contributed by atoms with Gasteiger partial charge in [-0.3, -0.25) is 0 Å². The molecule has 0 saturated carbocycles. The largest absolute Gasteiger partial charge is 0.364 e. The Balaban J connectivity index is 1.96. The van der Waals surface area contributed by atoms with E-state index >= 15 is 0 Å². The van der Waals surface area contributed by atoms with Crippen molar-refractivity contribution >= 4 is 10.9 Å². The SMILES string of the molecule is CCCCCCc1ccc2nocc2c1. The third kappa shape index (κ3) is 2.58. The van der Waals surface area contributed by atoms with Gasteiger partial charge >= 0.3 is 0 Å². The molecule has 2 rings (SSSR count). The van der Waals surface area contributed by atoms with Crippen molar-refractivity contribution in [3.63, 3.8) is 0 Å². The number of benzene rings is 1. The van der Waals surface area contributed by atoms with E-state index in [2.05, 4.69) is 24.2 Å². The van der Waals surface area contributed by atoms with Crippen LogP contribution in [0.5, 0.6) is 0 Å². The van der Waals surface area contributed by atoms with Crippen molar-refractivity contribution in [3.05, 3.63) is 30.0 Å². The van der Waals surface area contributed by atoms with Gasteiger partial charge in [-0.2, -0.15) is 0 Å². The van der Waals surface area contributed by atoms with Gasteiger partial charge in [0.05, 0.1) is 0 Å². The van der Waals surface area contributed by atoms with Crippen LogP contribution in [-0.4, -0.2) is 5.16 Å². The maximum absolute atomic E-state index is 4.91. The van der Waals surface area contributed by atoms with Gasteiger partial charge in [-0.15, -0.1) is 0 Å². The average Bonchev–Trinajstić information content (AvgIpc) is 2.71. The van der Waals surface area contributed by atoms with Gasteiger partial charge in [-0.25, -0.2) is 0 Å². The van der Waals surface area contributed by atoms with Crippen LogP contribution >= 0.6 is 0 Å². The molecule has 2 heteroatoms. The van der Waals surface area contributed by atoms with E-state index in [-0.39, 0.29) is 0 Å². The number of unbranched alkanes of at least 4 members (excludes halogenated alkanes) is 3. The van der Waals surface area contributed by atoms with E-state index in [1.54, 1.807) is 6.26 Å². The zero-order chi connectivity index (χ0) is 10.5. The summed E-state index contributed by atoms with van der Waals surface area (Å²) in [5, 5.41) is 5.01. The fourth-order valence-electron chi connectivity index (χ4n) is 1.83. The molecule has 0 amide bonds. The predicted molar refractivity (Wildman–Crippen MR) is 61.9 cm³/mol. The second-order valence-corrected chi connectivity index (χ2v) is 4.02. The van der Waals surface area contributed by atoms with Gasteiger partial charge in [0.1, 0.15) is 11.8 Å². The first-order chi connectivity index (χ1) is 7.40. The van der Waals surface area contributed by atoms with Crippen molar-refractivity contribution in [1.29, 1.82) is 0 Å². The summed E-state index contributed by atoms with van der Waals surface area (Å²) < 4.78 is 4.91. The van der Waals surface area contributed by atoms with E-state index in [0.29, 0.717) is 0 Å². The molecule has 0 radical (unpaired) electrons.